The highest BCUT2D eigenvalue weighted by Gasteiger charge is 2.33. The Morgan fingerprint density at radius 3 is 2.44 bits per heavy atom. The fourth-order valence-electron chi connectivity index (χ4n) is 1.93. The molecule has 0 aliphatic rings. The van der Waals surface area contributed by atoms with Crippen LogP contribution >= 0.6 is 11.6 Å². The number of nitriles is 1. The lowest BCUT2D eigenvalue weighted by Gasteiger charge is -2.16. The van der Waals surface area contributed by atoms with Gasteiger partial charge in [-0.1, -0.05) is 11.6 Å². The number of nitrogens with zero attached hydrogens (tertiary/aromatic N) is 1. The standard InChI is InChI=1S/C17H12ClF3N2O2/c1-10(25-13-5-2-11(9-22)3-6-13)16(24)23-12-4-7-15(18)14(8-12)17(19,20)21/h2-8,10H,1H3,(H,23,24)/t10-/m0/s1. The van der Waals surface area contributed by atoms with E-state index in [1.807, 2.05) is 6.07 Å². The first-order valence-corrected chi connectivity index (χ1v) is 7.43. The minimum absolute atomic E-state index is 0.0444. The highest BCUT2D eigenvalue weighted by atomic mass is 35.5. The number of halogens is 4. The van der Waals surface area contributed by atoms with Crippen LogP contribution in [0.5, 0.6) is 5.75 Å². The zero-order valence-electron chi connectivity index (χ0n) is 12.9. The Labute approximate surface area is 146 Å². The topological polar surface area (TPSA) is 62.1 Å². The van der Waals surface area contributed by atoms with Crippen LogP contribution in [0.25, 0.3) is 0 Å². The second kappa shape index (κ2) is 7.45. The van der Waals surface area contributed by atoms with Crippen LogP contribution in [0.2, 0.25) is 5.02 Å². The van der Waals surface area contributed by atoms with Crippen LogP contribution in [0.4, 0.5) is 18.9 Å². The normalized spacial score (nSPS) is 12.2. The van der Waals surface area contributed by atoms with Crippen LogP contribution < -0.4 is 10.1 Å². The molecule has 2 aromatic carbocycles. The number of nitrogens with one attached hydrogen (secondary N) is 1. The van der Waals surface area contributed by atoms with E-state index in [1.54, 1.807) is 0 Å². The molecular weight excluding hydrogens is 357 g/mol. The predicted octanol–water partition coefficient (Wildman–Crippen LogP) is 4.64. The van der Waals surface area contributed by atoms with E-state index in [-0.39, 0.29) is 5.69 Å². The first-order chi connectivity index (χ1) is 11.7. The number of anilines is 1. The van der Waals surface area contributed by atoms with Crippen molar-refractivity contribution in [2.75, 3.05) is 5.32 Å². The van der Waals surface area contributed by atoms with Crippen LogP contribution in [0.15, 0.2) is 42.5 Å². The van der Waals surface area contributed by atoms with Crippen LogP contribution in [-0.4, -0.2) is 12.0 Å². The van der Waals surface area contributed by atoms with E-state index < -0.39 is 28.8 Å². The third kappa shape index (κ3) is 4.88. The molecule has 25 heavy (non-hydrogen) atoms. The number of ether oxygens (including phenoxy) is 1. The molecule has 2 aromatic rings. The fourth-order valence-corrected chi connectivity index (χ4v) is 2.15. The van der Waals surface area contributed by atoms with E-state index in [0.717, 1.165) is 12.1 Å². The summed E-state index contributed by atoms with van der Waals surface area (Å²) in [5, 5.41) is 10.6. The van der Waals surface area contributed by atoms with Gasteiger partial charge in [0.05, 0.1) is 22.2 Å². The van der Waals surface area contributed by atoms with Crippen molar-refractivity contribution in [2.45, 2.75) is 19.2 Å². The van der Waals surface area contributed by atoms with Crippen molar-refractivity contribution < 1.29 is 22.7 Å². The van der Waals surface area contributed by atoms with Crippen molar-refractivity contribution in [3.63, 3.8) is 0 Å². The first kappa shape index (κ1) is 18.6. The number of carbonyl (C=O) groups excluding carboxylic acids is 1. The molecule has 0 bridgehead atoms. The van der Waals surface area contributed by atoms with Gasteiger partial charge in [-0.3, -0.25) is 4.79 Å². The van der Waals surface area contributed by atoms with E-state index in [4.69, 9.17) is 21.6 Å². The maximum Gasteiger partial charge on any atom is 0.417 e. The molecule has 0 aliphatic carbocycles. The van der Waals surface area contributed by atoms with E-state index in [9.17, 15) is 18.0 Å². The fraction of sp³-hybridized carbons (Fsp3) is 0.176. The van der Waals surface area contributed by atoms with Gasteiger partial charge in [0.25, 0.3) is 5.91 Å². The van der Waals surface area contributed by atoms with Crippen LogP contribution in [0, 0.1) is 11.3 Å². The summed E-state index contributed by atoms with van der Waals surface area (Å²) >= 11 is 5.53. The summed E-state index contributed by atoms with van der Waals surface area (Å²) in [4.78, 5) is 12.1. The van der Waals surface area contributed by atoms with Crippen molar-refractivity contribution in [1.82, 2.24) is 0 Å². The van der Waals surface area contributed by atoms with E-state index >= 15 is 0 Å². The molecule has 0 fully saturated rings. The molecule has 0 unspecified atom stereocenters. The largest absolute Gasteiger partial charge is 0.481 e. The average Bonchev–Trinajstić information content (AvgIpc) is 2.56. The van der Waals surface area contributed by atoms with Gasteiger partial charge in [-0.15, -0.1) is 0 Å². The van der Waals surface area contributed by atoms with Gasteiger partial charge in [0.1, 0.15) is 5.75 Å². The summed E-state index contributed by atoms with van der Waals surface area (Å²) in [6, 6.07) is 11.1. The minimum Gasteiger partial charge on any atom is -0.481 e. The monoisotopic (exact) mass is 368 g/mol. The van der Waals surface area contributed by atoms with Gasteiger partial charge < -0.3 is 10.1 Å². The molecule has 0 saturated carbocycles. The molecule has 130 valence electrons. The number of rotatable bonds is 4. The number of alkyl halides is 3. The van der Waals surface area contributed by atoms with Crippen molar-refractivity contribution >= 4 is 23.2 Å². The Morgan fingerprint density at radius 1 is 1.24 bits per heavy atom. The molecule has 0 radical (unpaired) electrons. The highest BCUT2D eigenvalue weighted by molar-refractivity contribution is 6.31. The zero-order valence-corrected chi connectivity index (χ0v) is 13.7. The highest BCUT2D eigenvalue weighted by Crippen LogP contribution is 2.36. The lowest BCUT2D eigenvalue weighted by Crippen LogP contribution is -2.30. The summed E-state index contributed by atoms with van der Waals surface area (Å²) in [6.45, 7) is 1.45. The SMILES string of the molecule is C[C@H](Oc1ccc(C#N)cc1)C(=O)Nc1ccc(Cl)c(C(F)(F)F)c1. The van der Waals surface area contributed by atoms with Crippen LogP contribution in [-0.2, 0) is 11.0 Å². The number of amides is 1. The van der Waals surface area contributed by atoms with Crippen LogP contribution in [0.3, 0.4) is 0 Å². The summed E-state index contributed by atoms with van der Waals surface area (Å²) in [6.07, 6.45) is -5.58. The lowest BCUT2D eigenvalue weighted by molar-refractivity contribution is -0.137. The number of hydrogen-bond donors (Lipinski definition) is 1. The van der Waals surface area contributed by atoms with Crippen LogP contribution in [0.1, 0.15) is 18.1 Å². The Bertz CT molecular complexity index is 814. The quantitative estimate of drug-likeness (QED) is 0.855. The molecule has 0 heterocycles. The van der Waals surface area contributed by atoms with Crippen molar-refractivity contribution in [1.29, 1.82) is 5.26 Å². The van der Waals surface area contributed by atoms with Crippen molar-refractivity contribution in [3.8, 4) is 11.8 Å². The molecule has 1 amide bonds. The molecule has 1 atom stereocenters. The Hall–Kier alpha value is -2.72. The van der Waals surface area contributed by atoms with Gasteiger partial charge in [0, 0.05) is 5.69 Å². The predicted molar refractivity (Wildman–Crippen MR) is 86.3 cm³/mol. The first-order valence-electron chi connectivity index (χ1n) is 7.05. The maximum absolute atomic E-state index is 12.8. The number of benzene rings is 2. The molecule has 0 aliphatic heterocycles. The molecule has 0 saturated heterocycles. The summed E-state index contributed by atoms with van der Waals surface area (Å²) in [7, 11) is 0. The lowest BCUT2D eigenvalue weighted by atomic mass is 10.2. The zero-order chi connectivity index (χ0) is 18.6. The Morgan fingerprint density at radius 2 is 1.88 bits per heavy atom. The molecule has 4 nitrogen and oxygen atoms in total. The van der Waals surface area contributed by atoms with E-state index in [2.05, 4.69) is 5.32 Å². The summed E-state index contributed by atoms with van der Waals surface area (Å²) in [5.41, 5.74) is -0.644. The van der Waals surface area contributed by atoms with E-state index in [0.29, 0.717) is 11.3 Å². The maximum atomic E-state index is 12.8. The summed E-state index contributed by atoms with van der Waals surface area (Å²) < 4.78 is 43.9. The average molecular weight is 369 g/mol. The second-order valence-electron chi connectivity index (χ2n) is 5.08. The number of carbonyl (C=O) groups is 1. The van der Waals surface area contributed by atoms with Gasteiger partial charge in [-0.25, -0.2) is 0 Å². The van der Waals surface area contributed by atoms with Gasteiger partial charge in [-0.05, 0) is 49.4 Å². The third-order valence-corrected chi connectivity index (χ3v) is 3.53. The molecule has 0 spiro atoms. The smallest absolute Gasteiger partial charge is 0.417 e. The van der Waals surface area contributed by atoms with Gasteiger partial charge >= 0.3 is 6.18 Å². The summed E-state index contributed by atoms with van der Waals surface area (Å²) in [5.74, 6) is -0.270. The Kier molecular flexibility index (Phi) is 5.55. The molecule has 8 heteroatoms. The second-order valence-corrected chi connectivity index (χ2v) is 5.49. The van der Waals surface area contributed by atoms with Crippen molar-refractivity contribution in [3.05, 3.63) is 58.6 Å². The number of hydrogen-bond acceptors (Lipinski definition) is 3. The van der Waals surface area contributed by atoms with E-state index in [1.165, 1.54) is 37.3 Å². The van der Waals surface area contributed by atoms with Gasteiger partial charge in [0.15, 0.2) is 6.10 Å². The van der Waals surface area contributed by atoms with Gasteiger partial charge in [-0.2, -0.15) is 18.4 Å². The van der Waals surface area contributed by atoms with Gasteiger partial charge in [0.2, 0.25) is 0 Å². The molecule has 2 rings (SSSR count). The Balaban J connectivity index is 2.07. The molecule has 1 N–H and O–H groups in total. The van der Waals surface area contributed by atoms with Crippen molar-refractivity contribution in [2.24, 2.45) is 0 Å². The molecule has 0 aromatic heterocycles. The minimum atomic E-state index is -4.62. The molecular formula is C17H12ClF3N2O2. The third-order valence-electron chi connectivity index (χ3n) is 3.20.